The van der Waals surface area contributed by atoms with Crippen LogP contribution in [0.4, 0.5) is 0 Å². The molecule has 1 fully saturated rings. The van der Waals surface area contributed by atoms with Crippen LogP contribution in [0.5, 0.6) is 0 Å². The van der Waals surface area contributed by atoms with Gasteiger partial charge in [-0.05, 0) is 29.5 Å². The van der Waals surface area contributed by atoms with Crippen LogP contribution in [0.25, 0.3) is 0 Å². The van der Waals surface area contributed by atoms with E-state index in [1.807, 2.05) is 12.1 Å². The van der Waals surface area contributed by atoms with E-state index in [-0.39, 0.29) is 17.5 Å². The van der Waals surface area contributed by atoms with Crippen LogP contribution in [0.15, 0.2) is 29.2 Å². The van der Waals surface area contributed by atoms with Gasteiger partial charge in [0.1, 0.15) is 0 Å². The summed E-state index contributed by atoms with van der Waals surface area (Å²) in [4.78, 5) is 0.367. The second kappa shape index (κ2) is 6.46. The fraction of sp³-hybridized carbons (Fsp3) is 0.625. The first kappa shape index (κ1) is 16.5. The van der Waals surface area contributed by atoms with Gasteiger partial charge in [0.15, 0.2) is 16.1 Å². The number of ether oxygens (including phenoxy) is 2. The SMILES string of the molecule is CC(C)(C)c1ccc(S(=O)(=O)CCC2OCCCO2)cc1. The number of benzene rings is 1. The van der Waals surface area contributed by atoms with Gasteiger partial charge in [-0.2, -0.15) is 0 Å². The van der Waals surface area contributed by atoms with Crippen LogP contribution in [0.3, 0.4) is 0 Å². The van der Waals surface area contributed by atoms with Crippen LogP contribution in [0, 0.1) is 0 Å². The Morgan fingerprint density at radius 2 is 1.67 bits per heavy atom. The molecule has 0 atom stereocenters. The Morgan fingerprint density at radius 1 is 1.10 bits per heavy atom. The van der Waals surface area contributed by atoms with Crippen LogP contribution in [-0.4, -0.2) is 33.7 Å². The van der Waals surface area contributed by atoms with Crippen molar-refractivity contribution in [1.82, 2.24) is 0 Å². The molecule has 0 unspecified atom stereocenters. The van der Waals surface area contributed by atoms with Gasteiger partial charge in [-0.15, -0.1) is 0 Å². The van der Waals surface area contributed by atoms with E-state index >= 15 is 0 Å². The Kier molecular flexibility index (Phi) is 5.07. The lowest BCUT2D eigenvalue weighted by atomic mass is 9.87. The summed E-state index contributed by atoms with van der Waals surface area (Å²) >= 11 is 0. The summed E-state index contributed by atoms with van der Waals surface area (Å²) in [6, 6.07) is 7.16. The molecule has 1 aromatic rings. The van der Waals surface area contributed by atoms with Crippen molar-refractivity contribution in [3.8, 4) is 0 Å². The van der Waals surface area contributed by atoms with E-state index in [0.717, 1.165) is 12.0 Å². The first-order chi connectivity index (χ1) is 9.79. The molecule has 2 rings (SSSR count). The van der Waals surface area contributed by atoms with Gasteiger partial charge in [-0.3, -0.25) is 0 Å². The predicted octanol–water partition coefficient (Wildman–Crippen LogP) is 2.91. The summed E-state index contributed by atoms with van der Waals surface area (Å²) in [5.41, 5.74) is 1.15. The van der Waals surface area contributed by atoms with Crippen molar-refractivity contribution >= 4 is 9.84 Å². The van der Waals surface area contributed by atoms with Crippen molar-refractivity contribution in [3.05, 3.63) is 29.8 Å². The number of hydrogen-bond acceptors (Lipinski definition) is 4. The third-order valence-electron chi connectivity index (χ3n) is 3.60. The van der Waals surface area contributed by atoms with Gasteiger partial charge in [0.05, 0.1) is 23.9 Å². The molecule has 0 N–H and O–H groups in total. The monoisotopic (exact) mass is 312 g/mol. The van der Waals surface area contributed by atoms with Crippen LogP contribution in [0.1, 0.15) is 39.2 Å². The third kappa shape index (κ3) is 4.53. The maximum absolute atomic E-state index is 12.3. The maximum Gasteiger partial charge on any atom is 0.178 e. The summed E-state index contributed by atoms with van der Waals surface area (Å²) < 4.78 is 35.4. The minimum Gasteiger partial charge on any atom is -0.353 e. The molecule has 1 aromatic carbocycles. The standard InChI is InChI=1S/C16H24O4S/c1-16(2,3)13-5-7-14(8-6-13)21(17,18)12-9-15-19-10-4-11-20-15/h5-8,15H,4,9-12H2,1-3H3. The molecule has 1 aliphatic heterocycles. The summed E-state index contributed by atoms with van der Waals surface area (Å²) in [6.07, 6.45) is 0.864. The van der Waals surface area contributed by atoms with E-state index in [1.165, 1.54) is 0 Å². The van der Waals surface area contributed by atoms with Crippen molar-refractivity contribution < 1.29 is 17.9 Å². The van der Waals surface area contributed by atoms with Crippen molar-refractivity contribution in [1.29, 1.82) is 0 Å². The van der Waals surface area contributed by atoms with Gasteiger partial charge >= 0.3 is 0 Å². The van der Waals surface area contributed by atoms with E-state index in [9.17, 15) is 8.42 Å². The van der Waals surface area contributed by atoms with Gasteiger partial charge in [-0.1, -0.05) is 32.9 Å². The highest BCUT2D eigenvalue weighted by Gasteiger charge is 2.21. The van der Waals surface area contributed by atoms with Crippen molar-refractivity contribution in [3.63, 3.8) is 0 Å². The zero-order chi connectivity index (χ0) is 15.5. The first-order valence-corrected chi connectivity index (χ1v) is 9.01. The molecule has 21 heavy (non-hydrogen) atoms. The van der Waals surface area contributed by atoms with Gasteiger partial charge in [0.25, 0.3) is 0 Å². The molecule has 1 heterocycles. The first-order valence-electron chi connectivity index (χ1n) is 7.35. The molecule has 0 radical (unpaired) electrons. The van der Waals surface area contributed by atoms with E-state index in [0.29, 0.717) is 24.5 Å². The Hall–Kier alpha value is -0.910. The number of hydrogen-bond donors (Lipinski definition) is 0. The zero-order valence-electron chi connectivity index (χ0n) is 13.0. The Bertz CT molecular complexity index is 549. The van der Waals surface area contributed by atoms with Crippen molar-refractivity contribution in [2.24, 2.45) is 0 Å². The van der Waals surface area contributed by atoms with E-state index in [2.05, 4.69) is 20.8 Å². The normalized spacial score (nSPS) is 17.9. The molecule has 0 spiro atoms. The van der Waals surface area contributed by atoms with Crippen LogP contribution in [-0.2, 0) is 24.7 Å². The minimum atomic E-state index is -3.28. The summed E-state index contributed by atoms with van der Waals surface area (Å²) in [7, 11) is -3.28. The quantitative estimate of drug-likeness (QED) is 0.858. The highest BCUT2D eigenvalue weighted by atomic mass is 32.2. The Morgan fingerprint density at radius 3 is 2.19 bits per heavy atom. The molecule has 0 saturated carbocycles. The molecule has 1 saturated heterocycles. The molecular weight excluding hydrogens is 288 g/mol. The Balaban J connectivity index is 2.01. The predicted molar refractivity (Wildman–Crippen MR) is 82.1 cm³/mol. The zero-order valence-corrected chi connectivity index (χ0v) is 13.8. The second-order valence-electron chi connectivity index (χ2n) is 6.41. The largest absolute Gasteiger partial charge is 0.353 e. The maximum atomic E-state index is 12.3. The van der Waals surface area contributed by atoms with E-state index in [1.54, 1.807) is 12.1 Å². The van der Waals surface area contributed by atoms with Crippen molar-refractivity contribution in [2.75, 3.05) is 19.0 Å². The molecule has 5 heteroatoms. The number of rotatable bonds is 4. The second-order valence-corrected chi connectivity index (χ2v) is 8.52. The minimum absolute atomic E-state index is 0.0199. The average molecular weight is 312 g/mol. The molecule has 4 nitrogen and oxygen atoms in total. The highest BCUT2D eigenvalue weighted by Crippen LogP contribution is 2.24. The lowest BCUT2D eigenvalue weighted by Crippen LogP contribution is -2.27. The summed E-state index contributed by atoms with van der Waals surface area (Å²) in [5, 5.41) is 0. The van der Waals surface area contributed by atoms with E-state index < -0.39 is 9.84 Å². The van der Waals surface area contributed by atoms with E-state index in [4.69, 9.17) is 9.47 Å². The topological polar surface area (TPSA) is 52.6 Å². The lowest BCUT2D eigenvalue weighted by Gasteiger charge is -2.23. The summed E-state index contributed by atoms with van der Waals surface area (Å²) in [6.45, 7) is 7.60. The van der Waals surface area contributed by atoms with Crippen LogP contribution in [0.2, 0.25) is 0 Å². The van der Waals surface area contributed by atoms with Crippen LogP contribution < -0.4 is 0 Å². The molecule has 0 aromatic heterocycles. The smallest absolute Gasteiger partial charge is 0.178 e. The summed E-state index contributed by atoms with van der Waals surface area (Å²) in [5.74, 6) is 0.0481. The van der Waals surface area contributed by atoms with Gasteiger partial charge in [0, 0.05) is 6.42 Å². The fourth-order valence-electron chi connectivity index (χ4n) is 2.23. The fourth-order valence-corrected chi connectivity index (χ4v) is 3.52. The average Bonchev–Trinajstić information content (AvgIpc) is 2.46. The third-order valence-corrected chi connectivity index (χ3v) is 5.36. The molecule has 0 bridgehead atoms. The molecule has 118 valence electrons. The molecule has 1 aliphatic rings. The lowest BCUT2D eigenvalue weighted by molar-refractivity contribution is -0.178. The van der Waals surface area contributed by atoms with Crippen LogP contribution >= 0.6 is 0 Å². The number of sulfone groups is 1. The van der Waals surface area contributed by atoms with Gasteiger partial charge in [0.2, 0.25) is 0 Å². The molecular formula is C16H24O4S. The van der Waals surface area contributed by atoms with Gasteiger partial charge < -0.3 is 9.47 Å². The molecule has 0 amide bonds. The Labute approximate surface area is 127 Å². The van der Waals surface area contributed by atoms with Gasteiger partial charge in [-0.25, -0.2) is 8.42 Å². The highest BCUT2D eigenvalue weighted by molar-refractivity contribution is 7.91. The molecule has 0 aliphatic carbocycles. The van der Waals surface area contributed by atoms with Crippen molar-refractivity contribution in [2.45, 2.75) is 50.2 Å².